The standard InChI is InChI=1S/C13H30N2O/c1-6-7-9-12(16)10-8-11-13(14(2)3)15(4)5/h12-13,16H,6-11H2,1-5H3. The topological polar surface area (TPSA) is 26.7 Å². The van der Waals surface area contributed by atoms with E-state index in [0.29, 0.717) is 6.17 Å². The molecule has 16 heavy (non-hydrogen) atoms. The van der Waals surface area contributed by atoms with Crippen LogP contribution in [0.2, 0.25) is 0 Å². The summed E-state index contributed by atoms with van der Waals surface area (Å²) in [6.45, 7) is 2.17. The quantitative estimate of drug-likeness (QED) is 0.615. The number of aliphatic hydroxyl groups excluding tert-OH is 1. The smallest absolute Gasteiger partial charge is 0.0612 e. The monoisotopic (exact) mass is 230 g/mol. The van der Waals surface area contributed by atoms with Gasteiger partial charge in [-0.05, 0) is 53.9 Å². The zero-order valence-corrected chi connectivity index (χ0v) is 11.7. The van der Waals surface area contributed by atoms with Crippen LogP contribution < -0.4 is 0 Å². The summed E-state index contributed by atoms with van der Waals surface area (Å²) < 4.78 is 0. The minimum absolute atomic E-state index is 0.0927. The Morgan fingerprint density at radius 1 is 0.875 bits per heavy atom. The molecule has 0 radical (unpaired) electrons. The van der Waals surface area contributed by atoms with E-state index in [1.165, 1.54) is 6.42 Å². The minimum Gasteiger partial charge on any atom is -0.393 e. The van der Waals surface area contributed by atoms with E-state index >= 15 is 0 Å². The first-order valence-electron chi connectivity index (χ1n) is 6.50. The fourth-order valence-corrected chi connectivity index (χ4v) is 2.10. The van der Waals surface area contributed by atoms with E-state index in [9.17, 15) is 5.11 Å². The van der Waals surface area contributed by atoms with Crippen LogP contribution in [-0.2, 0) is 0 Å². The third-order valence-electron chi connectivity index (χ3n) is 3.08. The molecule has 1 N–H and O–H groups in total. The normalized spacial score (nSPS) is 14.1. The first-order chi connectivity index (χ1) is 7.49. The Bertz CT molecular complexity index is 152. The molecular formula is C13H30N2O. The molecule has 1 unspecified atom stereocenters. The second kappa shape index (κ2) is 8.97. The molecule has 0 saturated carbocycles. The van der Waals surface area contributed by atoms with Crippen molar-refractivity contribution < 1.29 is 5.11 Å². The maximum absolute atomic E-state index is 9.74. The molecule has 98 valence electrons. The molecule has 0 fully saturated rings. The number of aliphatic hydroxyl groups is 1. The van der Waals surface area contributed by atoms with Crippen molar-refractivity contribution in [3.63, 3.8) is 0 Å². The van der Waals surface area contributed by atoms with Crippen LogP contribution in [0.1, 0.15) is 45.4 Å². The summed E-state index contributed by atoms with van der Waals surface area (Å²) in [7, 11) is 8.44. The van der Waals surface area contributed by atoms with Crippen LogP contribution in [-0.4, -0.2) is 55.4 Å². The summed E-state index contributed by atoms with van der Waals surface area (Å²) in [4.78, 5) is 4.47. The molecule has 0 rings (SSSR count). The molecule has 0 aromatic carbocycles. The van der Waals surface area contributed by atoms with Gasteiger partial charge in [-0.2, -0.15) is 0 Å². The Balaban J connectivity index is 3.69. The van der Waals surface area contributed by atoms with Crippen molar-refractivity contribution in [2.24, 2.45) is 0 Å². The summed E-state index contributed by atoms with van der Waals surface area (Å²) in [5, 5.41) is 9.74. The SMILES string of the molecule is CCCCC(O)CCCC(N(C)C)N(C)C. The molecule has 3 nitrogen and oxygen atoms in total. The van der Waals surface area contributed by atoms with Gasteiger partial charge < -0.3 is 5.11 Å². The second-order valence-corrected chi connectivity index (χ2v) is 5.13. The van der Waals surface area contributed by atoms with Gasteiger partial charge in [0.2, 0.25) is 0 Å². The predicted octanol–water partition coefficient (Wildman–Crippen LogP) is 2.16. The van der Waals surface area contributed by atoms with Crippen molar-refractivity contribution in [1.29, 1.82) is 0 Å². The second-order valence-electron chi connectivity index (χ2n) is 5.13. The zero-order chi connectivity index (χ0) is 12.6. The number of nitrogens with zero attached hydrogens (tertiary/aromatic N) is 2. The number of hydrogen-bond acceptors (Lipinski definition) is 3. The molecule has 0 saturated heterocycles. The zero-order valence-electron chi connectivity index (χ0n) is 11.7. The molecule has 0 aromatic rings. The van der Waals surface area contributed by atoms with Crippen molar-refractivity contribution >= 4 is 0 Å². The third kappa shape index (κ3) is 7.20. The largest absolute Gasteiger partial charge is 0.393 e. The Kier molecular flexibility index (Phi) is 8.90. The molecule has 0 heterocycles. The summed E-state index contributed by atoms with van der Waals surface area (Å²) in [6, 6.07) is 0. The van der Waals surface area contributed by atoms with Gasteiger partial charge in [-0.25, -0.2) is 0 Å². The first-order valence-corrected chi connectivity index (χ1v) is 6.50. The third-order valence-corrected chi connectivity index (χ3v) is 3.08. The summed E-state index contributed by atoms with van der Waals surface area (Å²) in [5.41, 5.74) is 0. The molecule has 0 spiro atoms. The van der Waals surface area contributed by atoms with Gasteiger partial charge in [-0.1, -0.05) is 19.8 Å². The van der Waals surface area contributed by atoms with Gasteiger partial charge in [0.05, 0.1) is 12.3 Å². The van der Waals surface area contributed by atoms with Gasteiger partial charge >= 0.3 is 0 Å². The summed E-state index contributed by atoms with van der Waals surface area (Å²) in [5.74, 6) is 0. The van der Waals surface area contributed by atoms with Crippen molar-refractivity contribution in [1.82, 2.24) is 9.80 Å². The van der Waals surface area contributed by atoms with Gasteiger partial charge in [0.1, 0.15) is 0 Å². The molecule has 3 heteroatoms. The number of rotatable bonds is 9. The molecule has 0 aromatic heterocycles. The molecule has 0 bridgehead atoms. The van der Waals surface area contributed by atoms with Crippen LogP contribution in [0, 0.1) is 0 Å². The van der Waals surface area contributed by atoms with Crippen molar-refractivity contribution in [2.45, 2.75) is 57.7 Å². The van der Waals surface area contributed by atoms with Gasteiger partial charge in [-0.15, -0.1) is 0 Å². The Hall–Kier alpha value is -0.120. The van der Waals surface area contributed by atoms with Crippen LogP contribution in [0.4, 0.5) is 0 Å². The van der Waals surface area contributed by atoms with E-state index in [2.05, 4.69) is 44.9 Å². The maximum atomic E-state index is 9.74. The predicted molar refractivity (Wildman–Crippen MR) is 70.5 cm³/mol. The lowest BCUT2D eigenvalue weighted by atomic mass is 10.1. The van der Waals surface area contributed by atoms with Gasteiger partial charge in [0, 0.05) is 0 Å². The van der Waals surface area contributed by atoms with Crippen LogP contribution in [0.5, 0.6) is 0 Å². The van der Waals surface area contributed by atoms with Gasteiger partial charge in [0.15, 0.2) is 0 Å². The number of hydrogen-bond donors (Lipinski definition) is 1. The molecule has 1 atom stereocenters. The summed E-state index contributed by atoms with van der Waals surface area (Å²) >= 11 is 0. The highest BCUT2D eigenvalue weighted by Gasteiger charge is 2.13. The fourth-order valence-electron chi connectivity index (χ4n) is 2.10. The molecule has 0 aliphatic carbocycles. The lowest BCUT2D eigenvalue weighted by Gasteiger charge is -2.30. The molecular weight excluding hydrogens is 200 g/mol. The lowest BCUT2D eigenvalue weighted by molar-refractivity contribution is 0.103. The summed E-state index contributed by atoms with van der Waals surface area (Å²) in [6.07, 6.45) is 6.85. The molecule has 0 amide bonds. The number of unbranched alkanes of at least 4 members (excludes halogenated alkanes) is 1. The van der Waals surface area contributed by atoms with Crippen LogP contribution >= 0.6 is 0 Å². The minimum atomic E-state index is -0.0927. The lowest BCUT2D eigenvalue weighted by Crippen LogP contribution is -2.40. The highest BCUT2D eigenvalue weighted by molar-refractivity contribution is 4.65. The van der Waals surface area contributed by atoms with E-state index < -0.39 is 0 Å². The van der Waals surface area contributed by atoms with Crippen molar-refractivity contribution in [3.8, 4) is 0 Å². The molecule has 0 aliphatic heterocycles. The van der Waals surface area contributed by atoms with Gasteiger partial charge in [-0.3, -0.25) is 9.80 Å². The Morgan fingerprint density at radius 2 is 1.38 bits per heavy atom. The fraction of sp³-hybridized carbons (Fsp3) is 1.00. The molecule has 0 aliphatic rings. The Morgan fingerprint density at radius 3 is 1.81 bits per heavy atom. The average Bonchev–Trinajstić information content (AvgIpc) is 2.20. The van der Waals surface area contributed by atoms with Gasteiger partial charge in [0.25, 0.3) is 0 Å². The van der Waals surface area contributed by atoms with E-state index in [4.69, 9.17) is 0 Å². The van der Waals surface area contributed by atoms with E-state index in [1.807, 2.05) is 0 Å². The Labute approximate surface area is 101 Å². The van der Waals surface area contributed by atoms with Crippen molar-refractivity contribution in [2.75, 3.05) is 28.2 Å². The van der Waals surface area contributed by atoms with Crippen LogP contribution in [0.15, 0.2) is 0 Å². The highest BCUT2D eigenvalue weighted by Crippen LogP contribution is 2.12. The van der Waals surface area contributed by atoms with Crippen molar-refractivity contribution in [3.05, 3.63) is 0 Å². The first kappa shape index (κ1) is 15.9. The van der Waals surface area contributed by atoms with E-state index in [0.717, 1.165) is 32.1 Å². The maximum Gasteiger partial charge on any atom is 0.0612 e. The van der Waals surface area contributed by atoms with E-state index in [1.54, 1.807) is 0 Å². The highest BCUT2D eigenvalue weighted by atomic mass is 16.3. The van der Waals surface area contributed by atoms with Crippen LogP contribution in [0.25, 0.3) is 0 Å². The average molecular weight is 230 g/mol. The van der Waals surface area contributed by atoms with Crippen LogP contribution in [0.3, 0.4) is 0 Å². The van der Waals surface area contributed by atoms with E-state index in [-0.39, 0.29) is 6.10 Å².